The second-order valence-corrected chi connectivity index (χ2v) is 15.3. The van der Waals surface area contributed by atoms with Crippen LogP contribution in [0, 0.1) is 0 Å². The molecule has 0 spiro atoms. The molecule has 0 aromatic carbocycles. The van der Waals surface area contributed by atoms with Crippen LogP contribution in [-0.4, -0.2) is 37.2 Å². The summed E-state index contributed by atoms with van der Waals surface area (Å²) in [4.78, 5) is 37.7. The van der Waals surface area contributed by atoms with Crippen LogP contribution in [0.2, 0.25) is 0 Å². The number of unbranched alkanes of at least 4 members (excludes halogenated alkanes) is 24. The van der Waals surface area contributed by atoms with Crippen LogP contribution in [0.1, 0.15) is 233 Å². The average molecular weight is 759 g/mol. The van der Waals surface area contributed by atoms with Crippen molar-refractivity contribution in [3.05, 3.63) is 36.5 Å². The normalized spacial score (nSPS) is 12.3. The first kappa shape index (κ1) is 51.6. The van der Waals surface area contributed by atoms with Gasteiger partial charge in [0.25, 0.3) is 0 Å². The highest BCUT2D eigenvalue weighted by Gasteiger charge is 2.19. The summed E-state index contributed by atoms with van der Waals surface area (Å²) in [5, 5.41) is 0. The molecule has 6 nitrogen and oxygen atoms in total. The molecular formula is C48H86O6. The highest BCUT2D eigenvalue weighted by atomic mass is 16.6. The first-order chi connectivity index (χ1) is 26.5. The molecule has 0 fully saturated rings. The van der Waals surface area contributed by atoms with E-state index < -0.39 is 6.10 Å². The van der Waals surface area contributed by atoms with Gasteiger partial charge in [0.15, 0.2) is 6.10 Å². The smallest absolute Gasteiger partial charge is 0.306 e. The van der Waals surface area contributed by atoms with Gasteiger partial charge in [-0.25, -0.2) is 0 Å². The molecule has 0 N–H and O–H groups in total. The Balaban J connectivity index is 4.39. The molecule has 54 heavy (non-hydrogen) atoms. The molecule has 0 aliphatic heterocycles. The molecule has 0 amide bonds. The van der Waals surface area contributed by atoms with Gasteiger partial charge in [-0.2, -0.15) is 0 Å². The number of esters is 3. The second-order valence-electron chi connectivity index (χ2n) is 15.3. The van der Waals surface area contributed by atoms with Crippen LogP contribution in [0.3, 0.4) is 0 Å². The van der Waals surface area contributed by atoms with E-state index in [2.05, 4.69) is 57.2 Å². The third-order valence-corrected chi connectivity index (χ3v) is 9.84. The second kappa shape index (κ2) is 43.4. The van der Waals surface area contributed by atoms with Crippen molar-refractivity contribution in [1.29, 1.82) is 0 Å². The van der Waals surface area contributed by atoms with E-state index in [0.29, 0.717) is 19.3 Å². The van der Waals surface area contributed by atoms with Gasteiger partial charge >= 0.3 is 17.9 Å². The Kier molecular flexibility index (Phi) is 41.5. The Morgan fingerprint density at radius 3 is 0.981 bits per heavy atom. The summed E-state index contributed by atoms with van der Waals surface area (Å²) in [6.07, 6.45) is 48.4. The minimum absolute atomic E-state index is 0.0819. The zero-order chi connectivity index (χ0) is 39.4. The molecule has 0 aromatic heterocycles. The van der Waals surface area contributed by atoms with Crippen LogP contribution in [0.5, 0.6) is 0 Å². The van der Waals surface area contributed by atoms with Crippen LogP contribution >= 0.6 is 0 Å². The molecule has 0 heterocycles. The molecule has 0 radical (unpaired) electrons. The SMILES string of the molecule is CCCC/C=C\CCCCCCCC(=O)OC[C@H](COC(=O)CCCCCCC/C=C\CCCCCCC)OC(=O)CCCCCCC/C=C\CCCC. The number of allylic oxidation sites excluding steroid dienone is 6. The molecule has 0 aliphatic carbocycles. The summed E-state index contributed by atoms with van der Waals surface area (Å²) < 4.78 is 16.7. The van der Waals surface area contributed by atoms with Gasteiger partial charge in [-0.1, -0.05) is 166 Å². The van der Waals surface area contributed by atoms with E-state index in [4.69, 9.17) is 14.2 Å². The molecular weight excluding hydrogens is 673 g/mol. The van der Waals surface area contributed by atoms with Crippen LogP contribution in [0.15, 0.2) is 36.5 Å². The maximum atomic E-state index is 12.7. The predicted octanol–water partition coefficient (Wildman–Crippen LogP) is 14.6. The van der Waals surface area contributed by atoms with E-state index >= 15 is 0 Å². The fourth-order valence-corrected chi connectivity index (χ4v) is 6.28. The predicted molar refractivity (Wildman–Crippen MR) is 229 cm³/mol. The van der Waals surface area contributed by atoms with E-state index in [1.165, 1.54) is 109 Å². The third-order valence-electron chi connectivity index (χ3n) is 9.84. The fraction of sp³-hybridized carbons (Fsp3) is 0.812. The number of carbonyl (C=O) groups excluding carboxylic acids is 3. The van der Waals surface area contributed by atoms with Gasteiger partial charge in [0.2, 0.25) is 0 Å². The Morgan fingerprint density at radius 1 is 0.352 bits per heavy atom. The van der Waals surface area contributed by atoms with Crippen LogP contribution < -0.4 is 0 Å². The highest BCUT2D eigenvalue weighted by Crippen LogP contribution is 2.13. The van der Waals surface area contributed by atoms with E-state index in [1.54, 1.807) is 0 Å². The first-order valence-corrected chi connectivity index (χ1v) is 23.0. The topological polar surface area (TPSA) is 78.9 Å². The molecule has 6 heteroatoms. The zero-order valence-corrected chi connectivity index (χ0v) is 35.7. The van der Waals surface area contributed by atoms with Gasteiger partial charge in [-0.15, -0.1) is 0 Å². The van der Waals surface area contributed by atoms with E-state index in [-0.39, 0.29) is 31.1 Å². The van der Waals surface area contributed by atoms with Gasteiger partial charge in [0.1, 0.15) is 13.2 Å². The lowest BCUT2D eigenvalue weighted by Crippen LogP contribution is -2.30. The van der Waals surface area contributed by atoms with Crippen molar-refractivity contribution >= 4 is 17.9 Å². The molecule has 314 valence electrons. The maximum absolute atomic E-state index is 12.7. The van der Waals surface area contributed by atoms with Crippen molar-refractivity contribution in [3.63, 3.8) is 0 Å². The van der Waals surface area contributed by atoms with E-state index in [0.717, 1.165) is 83.5 Å². The number of rotatable bonds is 41. The Hall–Kier alpha value is -2.37. The number of carbonyl (C=O) groups is 3. The average Bonchev–Trinajstić information content (AvgIpc) is 3.17. The molecule has 0 saturated carbocycles. The lowest BCUT2D eigenvalue weighted by atomic mass is 10.1. The number of ether oxygens (including phenoxy) is 3. The Bertz CT molecular complexity index is 922. The number of hydrogen-bond donors (Lipinski definition) is 0. The minimum Gasteiger partial charge on any atom is -0.462 e. The fourth-order valence-electron chi connectivity index (χ4n) is 6.28. The lowest BCUT2D eigenvalue weighted by molar-refractivity contribution is -0.167. The summed E-state index contributed by atoms with van der Waals surface area (Å²) in [5.74, 6) is -0.909. The monoisotopic (exact) mass is 759 g/mol. The quantitative estimate of drug-likeness (QED) is 0.0267. The Labute approximate surface area is 334 Å². The standard InChI is InChI=1S/C48H86O6/c1-4-7-10-13-16-19-22-23-24-27-29-32-35-38-41-47(50)53-44-45(54-48(51)42-39-36-33-30-26-21-18-15-12-9-6-3)43-52-46(49)40-37-34-31-28-25-20-17-14-11-8-5-2/h14-15,17-18,22-23,45H,4-13,16,19-21,24-44H2,1-3H3/b17-14-,18-15-,23-22-/t45-/m1/s1. The van der Waals surface area contributed by atoms with Crippen molar-refractivity contribution < 1.29 is 28.6 Å². The van der Waals surface area contributed by atoms with Crippen molar-refractivity contribution in [3.8, 4) is 0 Å². The molecule has 0 saturated heterocycles. The van der Waals surface area contributed by atoms with Crippen LogP contribution in [-0.2, 0) is 28.6 Å². The zero-order valence-electron chi connectivity index (χ0n) is 35.7. The summed E-state index contributed by atoms with van der Waals surface area (Å²) in [6.45, 7) is 6.52. The lowest BCUT2D eigenvalue weighted by Gasteiger charge is -2.18. The molecule has 0 bridgehead atoms. The third kappa shape index (κ3) is 40.8. The van der Waals surface area contributed by atoms with Crippen LogP contribution in [0.25, 0.3) is 0 Å². The summed E-state index contributed by atoms with van der Waals surface area (Å²) in [7, 11) is 0. The highest BCUT2D eigenvalue weighted by molar-refractivity contribution is 5.71. The molecule has 0 unspecified atom stereocenters. The van der Waals surface area contributed by atoms with Gasteiger partial charge < -0.3 is 14.2 Å². The largest absolute Gasteiger partial charge is 0.462 e. The molecule has 1 atom stereocenters. The number of hydrogen-bond acceptors (Lipinski definition) is 6. The summed E-state index contributed by atoms with van der Waals surface area (Å²) >= 11 is 0. The molecule has 0 aliphatic rings. The van der Waals surface area contributed by atoms with Crippen molar-refractivity contribution in [1.82, 2.24) is 0 Å². The van der Waals surface area contributed by atoms with Crippen molar-refractivity contribution in [2.24, 2.45) is 0 Å². The summed E-state index contributed by atoms with van der Waals surface area (Å²) in [6, 6.07) is 0. The molecule has 0 rings (SSSR count). The van der Waals surface area contributed by atoms with Gasteiger partial charge in [-0.3, -0.25) is 14.4 Å². The van der Waals surface area contributed by atoms with Gasteiger partial charge in [0.05, 0.1) is 0 Å². The van der Waals surface area contributed by atoms with E-state index in [1.807, 2.05) is 0 Å². The first-order valence-electron chi connectivity index (χ1n) is 23.0. The van der Waals surface area contributed by atoms with E-state index in [9.17, 15) is 14.4 Å². The van der Waals surface area contributed by atoms with Crippen molar-refractivity contribution in [2.75, 3.05) is 13.2 Å². The maximum Gasteiger partial charge on any atom is 0.306 e. The van der Waals surface area contributed by atoms with Crippen LogP contribution in [0.4, 0.5) is 0 Å². The minimum atomic E-state index is -0.778. The van der Waals surface area contributed by atoms with Crippen molar-refractivity contribution in [2.45, 2.75) is 239 Å². The summed E-state index contributed by atoms with van der Waals surface area (Å²) in [5.41, 5.74) is 0. The van der Waals surface area contributed by atoms with Gasteiger partial charge in [0, 0.05) is 19.3 Å². The Morgan fingerprint density at radius 2 is 0.630 bits per heavy atom. The molecule has 0 aromatic rings. The van der Waals surface area contributed by atoms with Gasteiger partial charge in [-0.05, 0) is 83.5 Å².